The molecule has 0 aliphatic heterocycles. The van der Waals surface area contributed by atoms with E-state index < -0.39 is 0 Å². The van der Waals surface area contributed by atoms with Crippen molar-refractivity contribution in [3.05, 3.63) is 0 Å². The van der Waals surface area contributed by atoms with Crippen molar-refractivity contribution in [2.45, 2.75) is 51.5 Å². The summed E-state index contributed by atoms with van der Waals surface area (Å²) in [5.41, 5.74) is 12.0. The van der Waals surface area contributed by atoms with Crippen LogP contribution in [0.15, 0.2) is 0 Å². The van der Waals surface area contributed by atoms with E-state index in [9.17, 15) is 0 Å². The fourth-order valence-electron chi connectivity index (χ4n) is 2.15. The van der Waals surface area contributed by atoms with Crippen LogP contribution < -0.4 is 22.1 Å². The third-order valence-corrected chi connectivity index (χ3v) is 3.20. The molecule has 6 N–H and O–H groups in total. The maximum absolute atomic E-state index is 6.44. The number of hydrogen-bond donors (Lipinski definition) is 4. The molecule has 0 aliphatic rings. The van der Waals surface area contributed by atoms with Gasteiger partial charge in [-0.15, -0.1) is 0 Å². The van der Waals surface area contributed by atoms with E-state index in [-0.39, 0.29) is 5.54 Å². The van der Waals surface area contributed by atoms with E-state index in [1.165, 1.54) is 0 Å². The third-order valence-electron chi connectivity index (χ3n) is 3.20. The summed E-state index contributed by atoms with van der Waals surface area (Å²) in [6, 6.07) is 0. The summed E-state index contributed by atoms with van der Waals surface area (Å²) in [6.45, 7) is 9.15. The molecule has 0 radical (unpaired) electrons. The van der Waals surface area contributed by atoms with Gasteiger partial charge in [-0.3, -0.25) is 0 Å². The number of nitrogens with two attached hydrogens (primary N) is 2. The zero-order valence-electron chi connectivity index (χ0n) is 11.7. The molecule has 0 aromatic rings. The highest BCUT2D eigenvalue weighted by Gasteiger charge is 2.22. The zero-order valence-corrected chi connectivity index (χ0v) is 11.7. The molecule has 0 rings (SSSR count). The lowest BCUT2D eigenvalue weighted by Gasteiger charge is -2.29. The van der Waals surface area contributed by atoms with Gasteiger partial charge in [0.15, 0.2) is 0 Å². The first-order chi connectivity index (χ1) is 8.18. The third kappa shape index (κ3) is 9.53. The van der Waals surface area contributed by atoms with Crippen LogP contribution in [0.2, 0.25) is 0 Å². The second-order valence-corrected chi connectivity index (χ2v) is 4.82. The predicted molar refractivity (Wildman–Crippen MR) is 76.1 cm³/mol. The minimum Gasteiger partial charge on any atom is -0.330 e. The number of hydrogen-bond acceptors (Lipinski definition) is 4. The molecule has 0 amide bonds. The van der Waals surface area contributed by atoms with E-state index in [0.717, 1.165) is 58.3 Å². The van der Waals surface area contributed by atoms with E-state index in [4.69, 9.17) is 11.5 Å². The molecule has 0 spiro atoms. The fraction of sp³-hybridized carbons (Fsp3) is 1.00. The Morgan fingerprint density at radius 1 is 0.882 bits per heavy atom. The van der Waals surface area contributed by atoms with Crippen molar-refractivity contribution in [3.63, 3.8) is 0 Å². The standard InChI is InChI=1S/C13H32N4/c1-3-16-11-5-7-13(15,9-10-14)8-6-12-17-4-2/h16-17H,3-12,14-15H2,1-2H3. The van der Waals surface area contributed by atoms with Gasteiger partial charge in [-0.1, -0.05) is 13.8 Å². The Bertz CT molecular complexity index is 149. The highest BCUT2D eigenvalue weighted by atomic mass is 14.9. The summed E-state index contributed by atoms with van der Waals surface area (Å²) >= 11 is 0. The Morgan fingerprint density at radius 2 is 1.35 bits per heavy atom. The molecule has 0 saturated heterocycles. The average molecular weight is 244 g/mol. The Hall–Kier alpha value is -0.160. The highest BCUT2D eigenvalue weighted by molar-refractivity contribution is 4.84. The van der Waals surface area contributed by atoms with Crippen molar-refractivity contribution in [2.75, 3.05) is 32.7 Å². The summed E-state index contributed by atoms with van der Waals surface area (Å²) in [4.78, 5) is 0. The molecule has 0 saturated carbocycles. The van der Waals surface area contributed by atoms with Gasteiger partial charge < -0.3 is 22.1 Å². The first-order valence-electron chi connectivity index (χ1n) is 7.09. The molecule has 0 bridgehead atoms. The lowest BCUT2D eigenvalue weighted by molar-refractivity contribution is 0.324. The quantitative estimate of drug-likeness (QED) is 0.383. The van der Waals surface area contributed by atoms with Gasteiger partial charge in [-0.25, -0.2) is 0 Å². The smallest absolute Gasteiger partial charge is 0.0167 e. The normalized spacial score (nSPS) is 12.0. The Morgan fingerprint density at radius 3 is 1.71 bits per heavy atom. The van der Waals surface area contributed by atoms with Crippen molar-refractivity contribution in [1.82, 2.24) is 10.6 Å². The monoisotopic (exact) mass is 244 g/mol. The molecule has 0 aromatic carbocycles. The summed E-state index contributed by atoms with van der Waals surface area (Å²) in [5.74, 6) is 0. The molecule has 17 heavy (non-hydrogen) atoms. The van der Waals surface area contributed by atoms with E-state index in [0.29, 0.717) is 6.54 Å². The molecule has 0 fully saturated rings. The van der Waals surface area contributed by atoms with Crippen LogP contribution in [0, 0.1) is 0 Å². The van der Waals surface area contributed by atoms with Gasteiger partial charge in [0.05, 0.1) is 0 Å². The molecular formula is C13H32N4. The minimum absolute atomic E-state index is 0.0560. The topological polar surface area (TPSA) is 76.1 Å². The van der Waals surface area contributed by atoms with Crippen LogP contribution in [0.25, 0.3) is 0 Å². The maximum Gasteiger partial charge on any atom is 0.0167 e. The molecule has 0 unspecified atom stereocenters. The first-order valence-corrected chi connectivity index (χ1v) is 7.09. The Balaban J connectivity index is 3.80. The Kier molecular flexibility index (Phi) is 10.9. The van der Waals surface area contributed by atoms with Gasteiger partial charge in [0, 0.05) is 5.54 Å². The molecule has 4 nitrogen and oxygen atoms in total. The van der Waals surface area contributed by atoms with Gasteiger partial charge in [0.1, 0.15) is 0 Å². The fourth-order valence-corrected chi connectivity index (χ4v) is 2.15. The molecule has 0 aliphatic carbocycles. The summed E-state index contributed by atoms with van der Waals surface area (Å²) in [7, 11) is 0. The van der Waals surface area contributed by atoms with Gasteiger partial charge >= 0.3 is 0 Å². The van der Waals surface area contributed by atoms with E-state index in [2.05, 4.69) is 24.5 Å². The van der Waals surface area contributed by atoms with Crippen molar-refractivity contribution < 1.29 is 0 Å². The van der Waals surface area contributed by atoms with Gasteiger partial charge in [0.2, 0.25) is 0 Å². The Labute approximate surface area is 107 Å². The average Bonchev–Trinajstić information content (AvgIpc) is 2.31. The second-order valence-electron chi connectivity index (χ2n) is 4.82. The van der Waals surface area contributed by atoms with Crippen molar-refractivity contribution in [2.24, 2.45) is 11.5 Å². The van der Waals surface area contributed by atoms with Crippen LogP contribution in [0.1, 0.15) is 46.0 Å². The highest BCUT2D eigenvalue weighted by Crippen LogP contribution is 2.19. The molecule has 0 atom stereocenters. The maximum atomic E-state index is 6.44. The summed E-state index contributed by atoms with van der Waals surface area (Å²) < 4.78 is 0. The van der Waals surface area contributed by atoms with E-state index in [1.807, 2.05) is 0 Å². The van der Waals surface area contributed by atoms with Crippen LogP contribution in [0.4, 0.5) is 0 Å². The molecular weight excluding hydrogens is 212 g/mol. The lowest BCUT2D eigenvalue weighted by atomic mass is 9.86. The van der Waals surface area contributed by atoms with Crippen molar-refractivity contribution >= 4 is 0 Å². The van der Waals surface area contributed by atoms with Crippen LogP contribution in [-0.4, -0.2) is 38.3 Å². The van der Waals surface area contributed by atoms with Gasteiger partial charge in [0.25, 0.3) is 0 Å². The van der Waals surface area contributed by atoms with E-state index in [1.54, 1.807) is 0 Å². The largest absolute Gasteiger partial charge is 0.330 e. The van der Waals surface area contributed by atoms with Crippen LogP contribution in [0.5, 0.6) is 0 Å². The molecule has 0 aromatic heterocycles. The van der Waals surface area contributed by atoms with Gasteiger partial charge in [-0.05, 0) is 64.8 Å². The van der Waals surface area contributed by atoms with Gasteiger partial charge in [-0.2, -0.15) is 0 Å². The number of rotatable bonds is 12. The van der Waals surface area contributed by atoms with E-state index >= 15 is 0 Å². The zero-order chi connectivity index (χ0) is 13.0. The molecule has 4 heteroatoms. The predicted octanol–water partition coefficient (Wildman–Crippen LogP) is 0.812. The SMILES string of the molecule is CCNCCCC(N)(CCN)CCCNCC. The van der Waals surface area contributed by atoms with Crippen LogP contribution in [0.3, 0.4) is 0 Å². The summed E-state index contributed by atoms with van der Waals surface area (Å²) in [6.07, 6.45) is 5.37. The van der Waals surface area contributed by atoms with Crippen molar-refractivity contribution in [3.8, 4) is 0 Å². The molecule has 0 heterocycles. The second kappa shape index (κ2) is 11.0. The van der Waals surface area contributed by atoms with Crippen LogP contribution >= 0.6 is 0 Å². The number of nitrogens with one attached hydrogen (secondary N) is 2. The van der Waals surface area contributed by atoms with Crippen LogP contribution in [-0.2, 0) is 0 Å². The first kappa shape index (κ1) is 16.8. The van der Waals surface area contributed by atoms with Crippen molar-refractivity contribution in [1.29, 1.82) is 0 Å². The molecule has 104 valence electrons. The summed E-state index contributed by atoms with van der Waals surface area (Å²) in [5, 5.41) is 6.68. The minimum atomic E-state index is -0.0560. The lowest BCUT2D eigenvalue weighted by Crippen LogP contribution is -2.42.